The molecule has 0 aliphatic carbocycles. The molecule has 0 saturated carbocycles. The Hall–Kier alpha value is -0.420. The van der Waals surface area contributed by atoms with Crippen LogP contribution in [-0.4, -0.2) is 35.2 Å². The van der Waals surface area contributed by atoms with E-state index in [-0.39, 0.29) is 6.04 Å². The lowest BCUT2D eigenvalue weighted by molar-refractivity contribution is 0.142. The highest BCUT2D eigenvalue weighted by Crippen LogP contribution is 2.35. The summed E-state index contributed by atoms with van der Waals surface area (Å²) in [5.74, 6) is 0. The Labute approximate surface area is 120 Å². The fourth-order valence-electron chi connectivity index (χ4n) is 3.16. The Morgan fingerprint density at radius 2 is 2.42 bits per heavy atom. The number of thiophene rings is 1. The van der Waals surface area contributed by atoms with E-state index in [4.69, 9.17) is 10.8 Å². The fourth-order valence-corrected chi connectivity index (χ4v) is 4.09. The van der Waals surface area contributed by atoms with Gasteiger partial charge in [-0.05, 0) is 50.1 Å². The molecule has 1 saturated heterocycles. The molecule has 1 fully saturated rings. The van der Waals surface area contributed by atoms with Gasteiger partial charge in [-0.2, -0.15) is 0 Å². The molecule has 3 nitrogen and oxygen atoms in total. The number of hydrogen-bond donors (Lipinski definition) is 2. The summed E-state index contributed by atoms with van der Waals surface area (Å²) in [6.45, 7) is 3.62. The topological polar surface area (TPSA) is 49.5 Å². The summed E-state index contributed by atoms with van der Waals surface area (Å²) in [6.07, 6.45) is 5.51. The van der Waals surface area contributed by atoms with E-state index in [1.54, 1.807) is 0 Å². The summed E-state index contributed by atoms with van der Waals surface area (Å²) in [7, 11) is 0. The van der Waals surface area contributed by atoms with Gasteiger partial charge in [0.15, 0.2) is 0 Å². The van der Waals surface area contributed by atoms with Crippen LogP contribution in [0.1, 0.15) is 49.9 Å². The molecular weight excluding hydrogens is 256 g/mol. The van der Waals surface area contributed by atoms with E-state index in [0.29, 0.717) is 18.7 Å². The third-order valence-corrected chi connectivity index (χ3v) is 5.13. The van der Waals surface area contributed by atoms with Crippen LogP contribution in [0.15, 0.2) is 17.5 Å². The van der Waals surface area contributed by atoms with Crippen LogP contribution in [0.25, 0.3) is 0 Å². The van der Waals surface area contributed by atoms with Gasteiger partial charge in [-0.15, -0.1) is 11.3 Å². The first-order valence-electron chi connectivity index (χ1n) is 7.43. The molecule has 0 aromatic carbocycles. The predicted octanol–water partition coefficient (Wildman–Crippen LogP) is 2.76. The highest BCUT2D eigenvalue weighted by molar-refractivity contribution is 7.10. The molecule has 0 amide bonds. The van der Waals surface area contributed by atoms with Crippen molar-refractivity contribution in [3.63, 3.8) is 0 Å². The molecule has 3 unspecified atom stereocenters. The highest BCUT2D eigenvalue weighted by atomic mass is 32.1. The molecule has 1 aliphatic heterocycles. The fraction of sp³-hybridized carbons (Fsp3) is 0.733. The van der Waals surface area contributed by atoms with Crippen molar-refractivity contribution in [3.05, 3.63) is 22.4 Å². The van der Waals surface area contributed by atoms with Gasteiger partial charge in [0.05, 0.1) is 6.04 Å². The minimum Gasteiger partial charge on any atom is -0.396 e. The molecule has 3 atom stereocenters. The van der Waals surface area contributed by atoms with E-state index >= 15 is 0 Å². The number of likely N-dealkylation sites (tertiary alicyclic amines) is 1. The van der Waals surface area contributed by atoms with E-state index in [9.17, 15) is 0 Å². The molecule has 1 aromatic rings. The standard InChI is InChI=1S/C15H26N2OS/c1-2-13(16)15(14-8-5-11-19-14)17-9-3-6-12(17)7-4-10-18/h5,8,11-13,15,18H,2-4,6-7,9-10,16H2,1H3. The van der Waals surface area contributed by atoms with E-state index in [1.165, 1.54) is 17.7 Å². The normalized spacial score (nSPS) is 23.6. The van der Waals surface area contributed by atoms with Gasteiger partial charge in [0, 0.05) is 23.6 Å². The molecule has 2 rings (SSSR count). The van der Waals surface area contributed by atoms with Gasteiger partial charge in [0.1, 0.15) is 0 Å². The zero-order valence-electron chi connectivity index (χ0n) is 11.8. The van der Waals surface area contributed by atoms with Crippen LogP contribution >= 0.6 is 11.3 Å². The van der Waals surface area contributed by atoms with Crippen molar-refractivity contribution in [2.45, 2.75) is 57.2 Å². The third kappa shape index (κ3) is 3.57. The van der Waals surface area contributed by atoms with Crippen molar-refractivity contribution in [1.82, 2.24) is 4.90 Å². The molecule has 1 aromatic heterocycles. The Kier molecular flexibility index (Phi) is 5.82. The van der Waals surface area contributed by atoms with Crippen LogP contribution in [0.5, 0.6) is 0 Å². The molecule has 0 bridgehead atoms. The lowest BCUT2D eigenvalue weighted by atomic mass is 10.0. The molecule has 3 N–H and O–H groups in total. The van der Waals surface area contributed by atoms with Gasteiger partial charge in [-0.3, -0.25) is 4.90 Å². The Morgan fingerprint density at radius 3 is 3.05 bits per heavy atom. The second-order valence-corrected chi connectivity index (χ2v) is 6.41. The van der Waals surface area contributed by atoms with Gasteiger partial charge in [-0.1, -0.05) is 13.0 Å². The lowest BCUT2D eigenvalue weighted by Gasteiger charge is -2.36. The van der Waals surface area contributed by atoms with Crippen LogP contribution in [0, 0.1) is 0 Å². The van der Waals surface area contributed by atoms with Crippen LogP contribution in [0.2, 0.25) is 0 Å². The second-order valence-electron chi connectivity index (χ2n) is 5.43. The minimum absolute atomic E-state index is 0.202. The van der Waals surface area contributed by atoms with E-state index in [2.05, 4.69) is 29.3 Å². The summed E-state index contributed by atoms with van der Waals surface area (Å²) in [6, 6.07) is 5.49. The van der Waals surface area contributed by atoms with Crippen LogP contribution < -0.4 is 5.73 Å². The van der Waals surface area contributed by atoms with Crippen molar-refractivity contribution in [3.8, 4) is 0 Å². The monoisotopic (exact) mass is 282 g/mol. The summed E-state index contributed by atoms with van der Waals surface area (Å²) in [4.78, 5) is 3.99. The van der Waals surface area contributed by atoms with Gasteiger partial charge >= 0.3 is 0 Å². The van der Waals surface area contributed by atoms with Gasteiger partial charge in [0.2, 0.25) is 0 Å². The van der Waals surface area contributed by atoms with Crippen molar-refractivity contribution in [2.75, 3.05) is 13.2 Å². The zero-order valence-corrected chi connectivity index (χ0v) is 12.6. The maximum atomic E-state index is 9.05. The summed E-state index contributed by atoms with van der Waals surface area (Å²) in [5, 5.41) is 11.2. The molecule has 108 valence electrons. The first-order chi connectivity index (χ1) is 9.27. The number of hydrogen-bond acceptors (Lipinski definition) is 4. The van der Waals surface area contributed by atoms with Crippen molar-refractivity contribution in [1.29, 1.82) is 0 Å². The summed E-state index contributed by atoms with van der Waals surface area (Å²) >= 11 is 1.82. The predicted molar refractivity (Wildman–Crippen MR) is 81.4 cm³/mol. The maximum Gasteiger partial charge on any atom is 0.0595 e. The van der Waals surface area contributed by atoms with Crippen molar-refractivity contribution in [2.24, 2.45) is 5.73 Å². The number of aliphatic hydroxyl groups excluding tert-OH is 1. The average molecular weight is 282 g/mol. The number of nitrogens with two attached hydrogens (primary N) is 1. The minimum atomic E-state index is 0.202. The number of rotatable bonds is 7. The molecule has 19 heavy (non-hydrogen) atoms. The van der Waals surface area contributed by atoms with E-state index in [1.807, 2.05) is 11.3 Å². The SMILES string of the molecule is CCC(N)C(c1cccs1)N1CCCC1CCCO. The molecule has 0 radical (unpaired) electrons. The quantitative estimate of drug-likeness (QED) is 0.808. The van der Waals surface area contributed by atoms with E-state index in [0.717, 1.165) is 25.8 Å². The van der Waals surface area contributed by atoms with E-state index < -0.39 is 0 Å². The largest absolute Gasteiger partial charge is 0.396 e. The molecule has 0 spiro atoms. The van der Waals surface area contributed by atoms with Crippen molar-refractivity contribution < 1.29 is 5.11 Å². The van der Waals surface area contributed by atoms with Crippen LogP contribution in [0.4, 0.5) is 0 Å². The number of aliphatic hydroxyl groups is 1. The first-order valence-corrected chi connectivity index (χ1v) is 8.31. The Balaban J connectivity index is 2.13. The lowest BCUT2D eigenvalue weighted by Crippen LogP contribution is -2.43. The van der Waals surface area contributed by atoms with Crippen LogP contribution in [0.3, 0.4) is 0 Å². The second kappa shape index (κ2) is 7.39. The third-order valence-electron chi connectivity index (χ3n) is 4.19. The molecular formula is C15H26N2OS. The molecule has 2 heterocycles. The van der Waals surface area contributed by atoms with Crippen molar-refractivity contribution >= 4 is 11.3 Å². The Bertz CT molecular complexity index is 355. The average Bonchev–Trinajstić information content (AvgIpc) is 3.08. The summed E-state index contributed by atoms with van der Waals surface area (Å²) < 4.78 is 0. The number of nitrogens with zero attached hydrogens (tertiary/aromatic N) is 1. The molecule has 1 aliphatic rings. The Morgan fingerprint density at radius 1 is 1.58 bits per heavy atom. The summed E-state index contributed by atoms with van der Waals surface area (Å²) in [5.41, 5.74) is 6.39. The maximum absolute atomic E-state index is 9.05. The first kappa shape index (κ1) is 15.0. The zero-order chi connectivity index (χ0) is 13.7. The van der Waals surface area contributed by atoms with Gasteiger partial charge < -0.3 is 10.8 Å². The van der Waals surface area contributed by atoms with Crippen LogP contribution in [-0.2, 0) is 0 Å². The smallest absolute Gasteiger partial charge is 0.0595 e. The molecule has 4 heteroatoms. The van der Waals surface area contributed by atoms with Gasteiger partial charge in [-0.25, -0.2) is 0 Å². The highest BCUT2D eigenvalue weighted by Gasteiger charge is 2.34. The van der Waals surface area contributed by atoms with Gasteiger partial charge in [0.25, 0.3) is 0 Å².